The van der Waals surface area contributed by atoms with Gasteiger partial charge in [-0.05, 0) is 44.6 Å². The van der Waals surface area contributed by atoms with Gasteiger partial charge in [0, 0.05) is 6.54 Å². The van der Waals surface area contributed by atoms with Crippen molar-refractivity contribution < 1.29 is 4.39 Å². The molecule has 1 aromatic heterocycles. The lowest BCUT2D eigenvalue weighted by Gasteiger charge is -2.28. The maximum atomic E-state index is 13.0. The number of hydrogen-bond acceptors (Lipinski definition) is 3. The molecule has 108 valence electrons. The Labute approximate surface area is 116 Å². The Hall–Kier alpha value is -1.00. The first-order chi connectivity index (χ1) is 9.08. The molecule has 0 saturated heterocycles. The number of pyridine rings is 1. The summed E-state index contributed by atoms with van der Waals surface area (Å²) in [5, 5.41) is 3.45. The first kappa shape index (κ1) is 16.1. The van der Waals surface area contributed by atoms with E-state index in [1.54, 1.807) is 6.07 Å². The smallest absolute Gasteiger partial charge is 0.141 e. The van der Waals surface area contributed by atoms with E-state index in [9.17, 15) is 4.39 Å². The molecule has 0 aromatic carbocycles. The maximum absolute atomic E-state index is 13.0. The number of nitrogens with one attached hydrogen (secondary N) is 1. The monoisotopic (exact) mass is 267 g/mol. The molecule has 1 heterocycles. The van der Waals surface area contributed by atoms with Crippen molar-refractivity contribution in [3.8, 4) is 0 Å². The third-order valence-electron chi connectivity index (χ3n) is 3.27. The van der Waals surface area contributed by atoms with Crippen molar-refractivity contribution in [3.05, 3.63) is 29.8 Å². The van der Waals surface area contributed by atoms with Gasteiger partial charge in [0.2, 0.25) is 0 Å². The van der Waals surface area contributed by atoms with Crippen LogP contribution in [-0.2, 0) is 0 Å². The highest BCUT2D eigenvalue weighted by molar-refractivity contribution is 5.11. The Morgan fingerprint density at radius 3 is 2.63 bits per heavy atom. The normalized spacial score (nSPS) is 14.6. The van der Waals surface area contributed by atoms with Gasteiger partial charge in [-0.2, -0.15) is 0 Å². The van der Waals surface area contributed by atoms with E-state index < -0.39 is 0 Å². The lowest BCUT2D eigenvalue weighted by molar-refractivity contribution is 0.246. The highest BCUT2D eigenvalue weighted by Gasteiger charge is 2.20. The summed E-state index contributed by atoms with van der Waals surface area (Å²) in [6.07, 6.45) is 2.45. The van der Waals surface area contributed by atoms with Crippen molar-refractivity contribution in [1.82, 2.24) is 15.2 Å². The number of nitrogens with zero attached hydrogens (tertiary/aromatic N) is 2. The third kappa shape index (κ3) is 5.25. The second-order valence-electron chi connectivity index (χ2n) is 5.18. The molecule has 1 aromatic rings. The highest BCUT2D eigenvalue weighted by Crippen LogP contribution is 2.21. The molecule has 0 fully saturated rings. The fraction of sp³-hybridized carbons (Fsp3) is 0.667. The van der Waals surface area contributed by atoms with Gasteiger partial charge in [0.1, 0.15) is 5.82 Å². The lowest BCUT2D eigenvalue weighted by Crippen LogP contribution is -2.35. The second kappa shape index (κ2) is 8.23. The molecule has 0 aliphatic rings. The summed E-state index contributed by atoms with van der Waals surface area (Å²) in [4.78, 5) is 6.55. The molecule has 4 heteroatoms. The van der Waals surface area contributed by atoms with E-state index in [1.165, 1.54) is 12.3 Å². The summed E-state index contributed by atoms with van der Waals surface area (Å²) in [7, 11) is 2.14. The molecule has 0 aliphatic heterocycles. The second-order valence-corrected chi connectivity index (χ2v) is 5.18. The summed E-state index contributed by atoms with van der Waals surface area (Å²) in [5.74, 6) is 0.143. The molecule has 1 rings (SSSR count). The Morgan fingerprint density at radius 2 is 2.11 bits per heavy atom. The first-order valence-corrected chi connectivity index (χ1v) is 7.11. The van der Waals surface area contributed by atoms with Crippen molar-refractivity contribution in [2.45, 2.75) is 33.2 Å². The van der Waals surface area contributed by atoms with E-state index in [2.05, 4.69) is 43.0 Å². The molecule has 0 spiro atoms. The van der Waals surface area contributed by atoms with Gasteiger partial charge >= 0.3 is 0 Å². The van der Waals surface area contributed by atoms with Crippen LogP contribution in [0.15, 0.2) is 18.3 Å². The molecule has 0 amide bonds. The summed E-state index contributed by atoms with van der Waals surface area (Å²) < 4.78 is 13.0. The summed E-state index contributed by atoms with van der Waals surface area (Å²) >= 11 is 0. The average Bonchev–Trinajstić information content (AvgIpc) is 2.37. The van der Waals surface area contributed by atoms with E-state index in [-0.39, 0.29) is 11.9 Å². The maximum Gasteiger partial charge on any atom is 0.141 e. The molecule has 2 unspecified atom stereocenters. The Balaban J connectivity index is 2.73. The summed E-state index contributed by atoms with van der Waals surface area (Å²) in [6, 6.07) is 3.43. The van der Waals surface area contributed by atoms with Gasteiger partial charge in [-0.15, -0.1) is 0 Å². The van der Waals surface area contributed by atoms with Crippen LogP contribution in [0.1, 0.15) is 38.9 Å². The predicted octanol–water partition coefficient (Wildman–Crippen LogP) is 2.85. The quantitative estimate of drug-likeness (QED) is 0.785. The summed E-state index contributed by atoms with van der Waals surface area (Å²) in [6.45, 7) is 9.46. The molecule has 19 heavy (non-hydrogen) atoms. The third-order valence-corrected chi connectivity index (χ3v) is 3.27. The van der Waals surface area contributed by atoms with E-state index in [4.69, 9.17) is 0 Å². The first-order valence-electron chi connectivity index (χ1n) is 7.11. The van der Waals surface area contributed by atoms with Gasteiger partial charge in [0.15, 0.2) is 0 Å². The Bertz CT molecular complexity index is 353. The van der Waals surface area contributed by atoms with Gasteiger partial charge in [0.25, 0.3) is 0 Å². The number of hydrogen-bond donors (Lipinski definition) is 1. The minimum absolute atomic E-state index is 0.171. The van der Waals surface area contributed by atoms with Crippen LogP contribution in [0.3, 0.4) is 0 Å². The van der Waals surface area contributed by atoms with Crippen molar-refractivity contribution in [1.29, 1.82) is 0 Å². The van der Waals surface area contributed by atoms with Crippen LogP contribution in [0, 0.1) is 11.7 Å². The van der Waals surface area contributed by atoms with Crippen LogP contribution in [-0.4, -0.2) is 36.6 Å². The van der Waals surface area contributed by atoms with Gasteiger partial charge in [-0.3, -0.25) is 4.98 Å². The van der Waals surface area contributed by atoms with E-state index in [0.717, 1.165) is 31.7 Å². The van der Waals surface area contributed by atoms with Crippen molar-refractivity contribution in [2.75, 3.05) is 26.7 Å². The molecule has 0 radical (unpaired) electrons. The van der Waals surface area contributed by atoms with E-state index in [1.807, 2.05) is 0 Å². The lowest BCUT2D eigenvalue weighted by atomic mass is 9.97. The standard InChI is InChI=1S/C15H26FN3/c1-5-9-19(4)11-12(3)15(17-6-2)14-8-7-13(16)10-18-14/h7-8,10,12,15,17H,5-6,9,11H2,1-4H3. The fourth-order valence-electron chi connectivity index (χ4n) is 2.46. The molecule has 1 N–H and O–H groups in total. The van der Waals surface area contributed by atoms with E-state index >= 15 is 0 Å². The SMILES string of the molecule is CCCN(C)CC(C)C(NCC)c1ccc(F)cn1. The minimum Gasteiger partial charge on any atom is -0.309 e. The average molecular weight is 267 g/mol. The zero-order chi connectivity index (χ0) is 14.3. The molecule has 2 atom stereocenters. The zero-order valence-corrected chi connectivity index (χ0v) is 12.5. The minimum atomic E-state index is -0.283. The molecular weight excluding hydrogens is 241 g/mol. The predicted molar refractivity (Wildman–Crippen MR) is 77.6 cm³/mol. The van der Waals surface area contributed by atoms with Gasteiger partial charge < -0.3 is 10.2 Å². The van der Waals surface area contributed by atoms with Crippen molar-refractivity contribution in [2.24, 2.45) is 5.92 Å². The number of aromatic nitrogens is 1. The van der Waals surface area contributed by atoms with Crippen LogP contribution in [0.25, 0.3) is 0 Å². The van der Waals surface area contributed by atoms with Crippen LogP contribution >= 0.6 is 0 Å². The van der Waals surface area contributed by atoms with E-state index in [0.29, 0.717) is 5.92 Å². The molecule has 0 aliphatic carbocycles. The van der Waals surface area contributed by atoms with Gasteiger partial charge in [-0.1, -0.05) is 20.8 Å². The number of rotatable bonds is 8. The Kier molecular flexibility index (Phi) is 6.95. The molecule has 0 bridgehead atoms. The molecule has 0 saturated carbocycles. The van der Waals surface area contributed by atoms with Crippen LogP contribution in [0.4, 0.5) is 4.39 Å². The highest BCUT2D eigenvalue weighted by atomic mass is 19.1. The topological polar surface area (TPSA) is 28.2 Å². The van der Waals surface area contributed by atoms with Crippen LogP contribution in [0.2, 0.25) is 0 Å². The number of halogens is 1. The molecule has 3 nitrogen and oxygen atoms in total. The molecular formula is C15H26FN3. The van der Waals surface area contributed by atoms with Gasteiger partial charge in [-0.25, -0.2) is 4.39 Å². The largest absolute Gasteiger partial charge is 0.309 e. The fourth-order valence-corrected chi connectivity index (χ4v) is 2.46. The van der Waals surface area contributed by atoms with Gasteiger partial charge in [0.05, 0.1) is 17.9 Å². The zero-order valence-electron chi connectivity index (χ0n) is 12.5. The Morgan fingerprint density at radius 1 is 1.37 bits per heavy atom. The van der Waals surface area contributed by atoms with Crippen molar-refractivity contribution >= 4 is 0 Å². The van der Waals surface area contributed by atoms with Crippen LogP contribution < -0.4 is 5.32 Å². The van der Waals surface area contributed by atoms with Crippen LogP contribution in [0.5, 0.6) is 0 Å². The summed E-state index contributed by atoms with van der Waals surface area (Å²) in [5.41, 5.74) is 0.917. The van der Waals surface area contributed by atoms with Crippen molar-refractivity contribution in [3.63, 3.8) is 0 Å².